The molecule has 4 nitrogen and oxygen atoms in total. The first kappa shape index (κ1) is 16.5. The van der Waals surface area contributed by atoms with Gasteiger partial charge in [-0.3, -0.25) is 4.79 Å². The zero-order valence-corrected chi connectivity index (χ0v) is 13.7. The summed E-state index contributed by atoms with van der Waals surface area (Å²) in [6, 6.07) is 13.9. The van der Waals surface area contributed by atoms with Crippen LogP contribution in [0.25, 0.3) is 0 Å². The molecule has 0 radical (unpaired) electrons. The summed E-state index contributed by atoms with van der Waals surface area (Å²) in [5.74, 6) is 0.453. The van der Waals surface area contributed by atoms with E-state index in [1.165, 1.54) is 12.1 Å². The van der Waals surface area contributed by atoms with E-state index < -0.39 is 0 Å². The number of rotatable bonds is 4. The molecule has 1 saturated heterocycles. The van der Waals surface area contributed by atoms with Crippen molar-refractivity contribution in [2.45, 2.75) is 12.5 Å². The van der Waals surface area contributed by atoms with Crippen molar-refractivity contribution >= 4 is 5.91 Å². The van der Waals surface area contributed by atoms with Gasteiger partial charge in [0.1, 0.15) is 11.6 Å². The van der Waals surface area contributed by atoms with Crippen molar-refractivity contribution in [3.8, 4) is 5.75 Å². The molecule has 0 saturated carbocycles. The van der Waals surface area contributed by atoms with Crippen molar-refractivity contribution in [1.29, 1.82) is 0 Å². The van der Waals surface area contributed by atoms with Crippen molar-refractivity contribution in [3.63, 3.8) is 0 Å². The van der Waals surface area contributed by atoms with Crippen LogP contribution < -0.4 is 10.1 Å². The average Bonchev–Trinajstić information content (AvgIpc) is 2.61. The van der Waals surface area contributed by atoms with Crippen LogP contribution in [0.1, 0.15) is 17.2 Å². The minimum atomic E-state index is -0.318. The number of ether oxygens (including phenoxy) is 1. The number of piperazine rings is 1. The normalized spacial score (nSPS) is 17.6. The Bertz CT molecular complexity index is 720. The second-order valence-corrected chi connectivity index (χ2v) is 5.86. The van der Waals surface area contributed by atoms with Crippen LogP contribution in [0.5, 0.6) is 5.75 Å². The van der Waals surface area contributed by atoms with E-state index in [-0.39, 0.29) is 24.2 Å². The van der Waals surface area contributed by atoms with E-state index in [9.17, 15) is 9.18 Å². The average molecular weight is 328 g/mol. The second-order valence-electron chi connectivity index (χ2n) is 5.86. The number of carbonyl (C=O) groups is 1. The maximum atomic E-state index is 13.3. The van der Waals surface area contributed by atoms with Gasteiger partial charge in [-0.1, -0.05) is 30.3 Å². The van der Waals surface area contributed by atoms with Crippen molar-refractivity contribution in [1.82, 2.24) is 10.2 Å². The Labute approximate surface area is 141 Å². The first-order valence-electron chi connectivity index (χ1n) is 8.06. The Hall–Kier alpha value is -2.40. The number of para-hydroxylation sites is 1. The second kappa shape index (κ2) is 7.45. The smallest absolute Gasteiger partial charge is 0.227 e. The SMILES string of the molecule is COc1ccccc1[C@H]1CNCCN1C(=O)Cc1cccc(F)c1. The fourth-order valence-electron chi connectivity index (χ4n) is 3.15. The van der Waals surface area contributed by atoms with Crippen molar-refractivity contribution in [2.24, 2.45) is 0 Å². The van der Waals surface area contributed by atoms with Gasteiger partial charge in [0, 0.05) is 25.2 Å². The highest BCUT2D eigenvalue weighted by atomic mass is 19.1. The zero-order chi connectivity index (χ0) is 16.9. The van der Waals surface area contributed by atoms with Crippen molar-refractivity contribution in [3.05, 3.63) is 65.5 Å². The highest BCUT2D eigenvalue weighted by molar-refractivity contribution is 5.79. The molecule has 1 fully saturated rings. The van der Waals surface area contributed by atoms with E-state index in [1.54, 1.807) is 19.2 Å². The number of hydrogen-bond acceptors (Lipinski definition) is 3. The van der Waals surface area contributed by atoms with Gasteiger partial charge in [-0.05, 0) is 23.8 Å². The molecule has 24 heavy (non-hydrogen) atoms. The molecule has 1 atom stereocenters. The lowest BCUT2D eigenvalue weighted by Crippen LogP contribution is -2.49. The first-order chi connectivity index (χ1) is 11.7. The Morgan fingerprint density at radius 2 is 2.12 bits per heavy atom. The van der Waals surface area contributed by atoms with E-state index in [0.29, 0.717) is 18.7 Å². The lowest BCUT2D eigenvalue weighted by molar-refractivity contribution is -0.133. The number of benzene rings is 2. The summed E-state index contributed by atoms with van der Waals surface area (Å²) in [7, 11) is 1.63. The molecule has 0 spiro atoms. The Morgan fingerprint density at radius 3 is 2.92 bits per heavy atom. The largest absolute Gasteiger partial charge is 0.496 e. The van der Waals surface area contributed by atoms with Gasteiger partial charge in [0.25, 0.3) is 0 Å². The van der Waals surface area contributed by atoms with Gasteiger partial charge in [-0.25, -0.2) is 4.39 Å². The molecule has 0 unspecified atom stereocenters. The van der Waals surface area contributed by atoms with E-state index >= 15 is 0 Å². The summed E-state index contributed by atoms with van der Waals surface area (Å²) in [6.07, 6.45) is 0.198. The molecule has 0 aliphatic carbocycles. The molecule has 0 aromatic heterocycles. The van der Waals surface area contributed by atoms with Gasteiger partial charge in [0.05, 0.1) is 19.6 Å². The monoisotopic (exact) mass is 328 g/mol. The lowest BCUT2D eigenvalue weighted by atomic mass is 10.0. The topological polar surface area (TPSA) is 41.6 Å². The Balaban J connectivity index is 1.82. The van der Waals surface area contributed by atoms with Gasteiger partial charge in [0.15, 0.2) is 0 Å². The number of amides is 1. The van der Waals surface area contributed by atoms with E-state index in [4.69, 9.17) is 4.74 Å². The number of nitrogens with one attached hydrogen (secondary N) is 1. The molecule has 0 bridgehead atoms. The maximum Gasteiger partial charge on any atom is 0.227 e. The van der Waals surface area contributed by atoms with Crippen molar-refractivity contribution in [2.75, 3.05) is 26.7 Å². The molecule has 1 aliphatic heterocycles. The molecule has 5 heteroatoms. The summed E-state index contributed by atoms with van der Waals surface area (Å²) >= 11 is 0. The molecular formula is C19H21FN2O2. The standard InChI is InChI=1S/C19H21FN2O2/c1-24-18-8-3-2-7-16(18)17-13-21-9-10-22(17)19(23)12-14-5-4-6-15(20)11-14/h2-8,11,17,21H,9-10,12-13H2,1H3/t17-/m1/s1. The third kappa shape index (κ3) is 3.57. The zero-order valence-electron chi connectivity index (χ0n) is 13.7. The van der Waals surface area contributed by atoms with Crippen LogP contribution in [-0.2, 0) is 11.2 Å². The number of carbonyl (C=O) groups excluding carboxylic acids is 1. The van der Waals surface area contributed by atoms with E-state index in [1.807, 2.05) is 29.2 Å². The third-order valence-electron chi connectivity index (χ3n) is 4.31. The molecule has 1 N–H and O–H groups in total. The molecule has 126 valence electrons. The molecule has 2 aromatic rings. The summed E-state index contributed by atoms with van der Waals surface area (Å²) in [5, 5.41) is 3.33. The summed E-state index contributed by atoms with van der Waals surface area (Å²) in [6.45, 7) is 2.05. The van der Waals surface area contributed by atoms with Gasteiger partial charge >= 0.3 is 0 Å². The number of hydrogen-bond donors (Lipinski definition) is 1. The van der Waals surface area contributed by atoms with E-state index in [0.717, 1.165) is 17.9 Å². The summed E-state index contributed by atoms with van der Waals surface area (Å²) < 4.78 is 18.8. The van der Waals surface area contributed by atoms with E-state index in [2.05, 4.69) is 5.32 Å². The molecule has 3 rings (SSSR count). The molecule has 1 heterocycles. The highest BCUT2D eigenvalue weighted by Gasteiger charge is 2.29. The quantitative estimate of drug-likeness (QED) is 0.938. The number of methoxy groups -OCH3 is 1. The molecule has 1 aliphatic rings. The highest BCUT2D eigenvalue weighted by Crippen LogP contribution is 2.30. The Kier molecular flexibility index (Phi) is 5.11. The van der Waals surface area contributed by atoms with Crippen LogP contribution in [-0.4, -0.2) is 37.6 Å². The summed E-state index contributed by atoms with van der Waals surface area (Å²) in [4.78, 5) is 14.7. The van der Waals surface area contributed by atoms with Gasteiger partial charge in [-0.2, -0.15) is 0 Å². The summed E-state index contributed by atoms with van der Waals surface area (Å²) in [5.41, 5.74) is 1.68. The molecular weight excluding hydrogens is 307 g/mol. The van der Waals surface area contributed by atoms with Crippen LogP contribution in [0.15, 0.2) is 48.5 Å². The minimum Gasteiger partial charge on any atom is -0.496 e. The molecule has 2 aromatic carbocycles. The maximum absolute atomic E-state index is 13.3. The predicted molar refractivity (Wildman–Crippen MR) is 90.4 cm³/mol. The lowest BCUT2D eigenvalue weighted by Gasteiger charge is -2.37. The Morgan fingerprint density at radius 1 is 1.29 bits per heavy atom. The van der Waals surface area contributed by atoms with Gasteiger partial charge in [0.2, 0.25) is 5.91 Å². The fraction of sp³-hybridized carbons (Fsp3) is 0.316. The minimum absolute atomic E-state index is 0.00185. The fourth-order valence-corrected chi connectivity index (χ4v) is 3.15. The van der Waals surface area contributed by atoms with Crippen LogP contribution >= 0.6 is 0 Å². The third-order valence-corrected chi connectivity index (χ3v) is 4.31. The first-order valence-corrected chi connectivity index (χ1v) is 8.06. The van der Waals surface area contributed by atoms with Gasteiger partial charge < -0.3 is 15.0 Å². The van der Waals surface area contributed by atoms with Gasteiger partial charge in [-0.15, -0.1) is 0 Å². The van der Waals surface area contributed by atoms with Crippen LogP contribution in [0.3, 0.4) is 0 Å². The van der Waals surface area contributed by atoms with Crippen LogP contribution in [0.2, 0.25) is 0 Å². The van der Waals surface area contributed by atoms with Crippen LogP contribution in [0.4, 0.5) is 4.39 Å². The van der Waals surface area contributed by atoms with Crippen molar-refractivity contribution < 1.29 is 13.9 Å². The number of halogens is 1. The predicted octanol–water partition coefficient (Wildman–Crippen LogP) is 2.55. The number of nitrogens with zero attached hydrogens (tertiary/aromatic N) is 1. The van der Waals surface area contributed by atoms with Crippen LogP contribution in [0, 0.1) is 5.82 Å². The molecule has 1 amide bonds.